The average molecular weight is 436 g/mol. The Morgan fingerprint density at radius 3 is 2.45 bits per heavy atom. The van der Waals surface area contributed by atoms with E-state index in [1.165, 1.54) is 50.3 Å². The molecule has 2 aromatic carbocycles. The number of hydrogen-bond donors (Lipinski definition) is 0. The van der Waals surface area contributed by atoms with Crippen LogP contribution in [0.2, 0.25) is 0 Å². The zero-order valence-corrected chi connectivity index (χ0v) is 21.2. The molecule has 1 heteroatoms. The van der Waals surface area contributed by atoms with Crippen LogP contribution < -0.4 is 4.90 Å². The van der Waals surface area contributed by atoms with Crippen LogP contribution in [0, 0.1) is 19.3 Å². The molecule has 0 saturated heterocycles. The van der Waals surface area contributed by atoms with E-state index in [0.29, 0.717) is 5.92 Å². The van der Waals surface area contributed by atoms with Crippen LogP contribution in [0.3, 0.4) is 0 Å². The van der Waals surface area contributed by atoms with E-state index in [1.54, 1.807) is 0 Å². The van der Waals surface area contributed by atoms with Gasteiger partial charge in [-0.2, -0.15) is 0 Å². The van der Waals surface area contributed by atoms with E-state index < -0.39 is 0 Å². The van der Waals surface area contributed by atoms with E-state index >= 15 is 0 Å². The second-order valence-corrected chi connectivity index (χ2v) is 10.4. The van der Waals surface area contributed by atoms with Crippen LogP contribution in [0.15, 0.2) is 90.6 Å². The van der Waals surface area contributed by atoms with Crippen molar-refractivity contribution in [2.75, 3.05) is 4.90 Å². The molecule has 4 rings (SSSR count). The molecule has 170 valence electrons. The lowest BCUT2D eigenvalue weighted by Gasteiger charge is -2.33. The lowest BCUT2D eigenvalue weighted by atomic mass is 9.78. The largest absolute Gasteiger partial charge is 0.333 e. The first-order valence-electron chi connectivity index (χ1n) is 12.0. The van der Waals surface area contributed by atoms with Crippen molar-refractivity contribution in [3.05, 3.63) is 113 Å². The van der Waals surface area contributed by atoms with E-state index in [0.717, 1.165) is 0 Å². The molecule has 33 heavy (non-hydrogen) atoms. The molecular formula is C32H37N. The Hall–Kier alpha value is -3.06. The van der Waals surface area contributed by atoms with Gasteiger partial charge < -0.3 is 4.90 Å². The summed E-state index contributed by atoms with van der Waals surface area (Å²) >= 11 is 0. The van der Waals surface area contributed by atoms with Gasteiger partial charge in [0.25, 0.3) is 0 Å². The lowest BCUT2D eigenvalue weighted by molar-refractivity contribution is 0.507. The highest BCUT2D eigenvalue weighted by atomic mass is 15.2. The minimum Gasteiger partial charge on any atom is -0.333 e. The first-order valence-corrected chi connectivity index (χ1v) is 12.0. The first-order chi connectivity index (χ1) is 15.7. The van der Waals surface area contributed by atoms with Crippen molar-refractivity contribution in [3.63, 3.8) is 0 Å². The second kappa shape index (κ2) is 8.71. The van der Waals surface area contributed by atoms with Crippen LogP contribution in [0.1, 0.15) is 62.8 Å². The van der Waals surface area contributed by atoms with Gasteiger partial charge in [-0.15, -0.1) is 0 Å². The van der Waals surface area contributed by atoms with Crippen molar-refractivity contribution in [3.8, 4) is 0 Å². The van der Waals surface area contributed by atoms with Gasteiger partial charge in [-0.05, 0) is 84.2 Å². The average Bonchev–Trinajstić information content (AvgIpc) is 3.11. The van der Waals surface area contributed by atoms with E-state index in [-0.39, 0.29) is 11.5 Å². The number of anilines is 2. The summed E-state index contributed by atoms with van der Waals surface area (Å²) in [4.78, 5) is 2.56. The Balaban J connectivity index is 1.92. The van der Waals surface area contributed by atoms with Crippen LogP contribution in [0.5, 0.6) is 0 Å². The molecule has 0 bridgehead atoms. The number of fused-ring (bicyclic) bond motifs is 3. The van der Waals surface area contributed by atoms with Gasteiger partial charge in [-0.1, -0.05) is 88.1 Å². The summed E-state index contributed by atoms with van der Waals surface area (Å²) in [5.41, 5.74) is 11.9. The molecule has 0 aromatic heterocycles. The summed E-state index contributed by atoms with van der Waals surface area (Å²) in [6, 6.07) is 13.9. The number of benzene rings is 2. The number of allylic oxidation sites excluding steroid dienone is 7. The summed E-state index contributed by atoms with van der Waals surface area (Å²) < 4.78 is 0. The smallest absolute Gasteiger partial charge is 0.0629 e. The SMILES string of the molecule is C=C/C(C)=C(\C=C/C)c1cc(C)cc(N2c3ccccc3C3C=C(C(C)(C)C)C=CC32)c1C. The lowest BCUT2D eigenvalue weighted by Crippen LogP contribution is -2.30. The van der Waals surface area contributed by atoms with Gasteiger partial charge in [0, 0.05) is 17.3 Å². The molecule has 0 spiro atoms. The molecule has 0 radical (unpaired) electrons. The fraction of sp³-hybridized carbons (Fsp3) is 0.312. The number of aryl methyl sites for hydroxylation is 1. The summed E-state index contributed by atoms with van der Waals surface area (Å²) in [5.74, 6) is 0.365. The maximum atomic E-state index is 4.03. The third kappa shape index (κ3) is 4.06. The molecule has 0 amide bonds. The maximum Gasteiger partial charge on any atom is 0.0629 e. The van der Waals surface area contributed by atoms with Crippen LogP contribution in [0.25, 0.3) is 5.57 Å². The standard InChI is InChI=1S/C32H37N/c1-9-13-25(22(4)10-2)27-18-21(3)19-31(23(27)5)33-29-15-12-11-14-26(29)28-20-24(32(6,7)8)16-17-30(28)33/h9-20,28,30H,2H2,1,3-8H3/b13-9-,25-22+. The Morgan fingerprint density at radius 1 is 1.06 bits per heavy atom. The Labute approximate surface area is 200 Å². The zero-order chi connectivity index (χ0) is 23.9. The molecule has 0 fully saturated rings. The quantitative estimate of drug-likeness (QED) is 0.433. The fourth-order valence-electron chi connectivity index (χ4n) is 5.21. The minimum atomic E-state index is 0.144. The van der Waals surface area contributed by atoms with E-state index in [4.69, 9.17) is 0 Å². The van der Waals surface area contributed by atoms with Gasteiger partial charge in [-0.3, -0.25) is 0 Å². The molecule has 0 N–H and O–H groups in total. The summed E-state index contributed by atoms with van der Waals surface area (Å²) in [6.07, 6.45) is 13.6. The highest BCUT2D eigenvalue weighted by Crippen LogP contribution is 2.51. The van der Waals surface area contributed by atoms with E-state index in [2.05, 4.69) is 127 Å². The maximum absolute atomic E-state index is 4.03. The molecule has 2 atom stereocenters. The van der Waals surface area contributed by atoms with Gasteiger partial charge in [-0.25, -0.2) is 0 Å². The molecule has 1 nitrogen and oxygen atoms in total. The molecule has 1 aliphatic heterocycles. The summed E-state index contributed by atoms with van der Waals surface area (Å²) in [5, 5.41) is 0. The topological polar surface area (TPSA) is 3.24 Å². The third-order valence-electron chi connectivity index (χ3n) is 7.06. The summed E-state index contributed by atoms with van der Waals surface area (Å²) in [6.45, 7) is 19.6. The zero-order valence-electron chi connectivity index (χ0n) is 21.2. The Kier molecular flexibility index (Phi) is 6.10. The molecule has 1 aliphatic carbocycles. The van der Waals surface area contributed by atoms with Crippen LogP contribution in [0.4, 0.5) is 11.4 Å². The predicted molar refractivity (Wildman–Crippen MR) is 145 cm³/mol. The van der Waals surface area contributed by atoms with Crippen LogP contribution in [-0.4, -0.2) is 6.04 Å². The van der Waals surface area contributed by atoms with Crippen LogP contribution >= 0.6 is 0 Å². The minimum absolute atomic E-state index is 0.144. The van der Waals surface area contributed by atoms with Crippen molar-refractivity contribution in [2.24, 2.45) is 5.41 Å². The fourth-order valence-corrected chi connectivity index (χ4v) is 5.21. The van der Waals surface area contributed by atoms with Gasteiger partial charge in [0.15, 0.2) is 0 Å². The highest BCUT2D eigenvalue weighted by Gasteiger charge is 2.39. The number of para-hydroxylation sites is 1. The second-order valence-electron chi connectivity index (χ2n) is 10.4. The van der Waals surface area contributed by atoms with Gasteiger partial charge >= 0.3 is 0 Å². The Morgan fingerprint density at radius 2 is 1.79 bits per heavy atom. The Bertz CT molecular complexity index is 1210. The normalized spacial score (nSPS) is 20.5. The van der Waals surface area contributed by atoms with E-state index in [1.807, 2.05) is 6.08 Å². The predicted octanol–water partition coefficient (Wildman–Crippen LogP) is 8.99. The molecule has 1 heterocycles. The van der Waals surface area contributed by atoms with E-state index in [9.17, 15) is 0 Å². The van der Waals surface area contributed by atoms with Crippen molar-refractivity contribution >= 4 is 16.9 Å². The third-order valence-corrected chi connectivity index (χ3v) is 7.06. The number of nitrogens with zero attached hydrogens (tertiary/aromatic N) is 1. The highest BCUT2D eigenvalue weighted by molar-refractivity contribution is 5.86. The van der Waals surface area contributed by atoms with Crippen LogP contribution in [-0.2, 0) is 0 Å². The first kappa shape index (κ1) is 23.1. The molecule has 2 aromatic rings. The monoisotopic (exact) mass is 435 g/mol. The van der Waals surface area contributed by atoms with Crippen molar-refractivity contribution in [1.82, 2.24) is 0 Å². The van der Waals surface area contributed by atoms with Crippen molar-refractivity contribution < 1.29 is 0 Å². The van der Waals surface area contributed by atoms with Crippen molar-refractivity contribution in [1.29, 1.82) is 0 Å². The number of rotatable bonds is 4. The number of hydrogen-bond acceptors (Lipinski definition) is 1. The molecule has 0 saturated carbocycles. The summed E-state index contributed by atoms with van der Waals surface area (Å²) in [7, 11) is 0. The van der Waals surface area contributed by atoms with Crippen molar-refractivity contribution in [2.45, 2.75) is 60.4 Å². The van der Waals surface area contributed by atoms with Gasteiger partial charge in [0.05, 0.1) is 6.04 Å². The molecule has 2 unspecified atom stereocenters. The van der Waals surface area contributed by atoms with Gasteiger partial charge in [0.1, 0.15) is 0 Å². The molecular weight excluding hydrogens is 398 g/mol. The molecule has 2 aliphatic rings. The van der Waals surface area contributed by atoms with Gasteiger partial charge in [0.2, 0.25) is 0 Å².